The zero-order valence-electron chi connectivity index (χ0n) is 9.32. The number of rotatable bonds is 2. The van der Waals surface area contributed by atoms with E-state index in [-0.39, 0.29) is 5.78 Å². The lowest BCUT2D eigenvalue weighted by atomic mass is 10.0. The second kappa shape index (κ2) is 3.96. The Kier molecular flexibility index (Phi) is 2.30. The van der Waals surface area contributed by atoms with Gasteiger partial charge < -0.3 is 5.21 Å². The van der Waals surface area contributed by atoms with Crippen LogP contribution in [0.4, 0.5) is 0 Å². The molecule has 0 amide bonds. The van der Waals surface area contributed by atoms with Crippen molar-refractivity contribution in [2.75, 3.05) is 0 Å². The smallest absolute Gasteiger partial charge is 0.195 e. The van der Waals surface area contributed by atoms with Gasteiger partial charge in [0.2, 0.25) is 0 Å². The number of ketones is 1. The molecule has 3 aromatic rings. The van der Waals surface area contributed by atoms with Gasteiger partial charge in [0.1, 0.15) is 11.0 Å². The Labute approximate surface area is 102 Å². The van der Waals surface area contributed by atoms with Gasteiger partial charge in [-0.25, -0.2) is 0 Å². The van der Waals surface area contributed by atoms with Crippen LogP contribution in [0.3, 0.4) is 0 Å². The molecule has 1 heterocycles. The average Bonchev–Trinajstić information content (AvgIpc) is 2.81. The molecule has 0 aliphatic rings. The molecule has 0 unspecified atom stereocenters. The van der Waals surface area contributed by atoms with Crippen LogP contribution in [0.2, 0.25) is 0 Å². The van der Waals surface area contributed by atoms with E-state index in [1.54, 1.807) is 42.5 Å². The van der Waals surface area contributed by atoms with Crippen molar-refractivity contribution in [3.05, 3.63) is 59.7 Å². The summed E-state index contributed by atoms with van der Waals surface area (Å²) in [6, 6.07) is 13.9. The lowest BCUT2D eigenvalue weighted by Crippen LogP contribution is -2.04. The molecule has 0 aliphatic carbocycles. The fraction of sp³-hybridized carbons (Fsp3) is 0. The molecule has 5 heteroatoms. The third-order valence-electron chi connectivity index (χ3n) is 2.73. The van der Waals surface area contributed by atoms with Crippen molar-refractivity contribution < 1.29 is 10.0 Å². The number of nitrogens with zero attached hydrogens (tertiary/aromatic N) is 3. The molecule has 18 heavy (non-hydrogen) atoms. The maximum atomic E-state index is 12.3. The molecule has 3 rings (SSSR count). The van der Waals surface area contributed by atoms with E-state index in [2.05, 4.69) is 10.3 Å². The normalized spacial score (nSPS) is 10.7. The molecule has 1 aromatic heterocycles. The molecule has 0 saturated carbocycles. The topological polar surface area (TPSA) is 68.0 Å². The van der Waals surface area contributed by atoms with Gasteiger partial charge in [-0.3, -0.25) is 4.79 Å². The van der Waals surface area contributed by atoms with Gasteiger partial charge in [0, 0.05) is 5.56 Å². The van der Waals surface area contributed by atoms with Gasteiger partial charge in [-0.15, -0.1) is 5.10 Å². The Bertz CT molecular complexity index is 719. The predicted octanol–water partition coefficient (Wildman–Crippen LogP) is 1.90. The van der Waals surface area contributed by atoms with E-state index in [4.69, 9.17) is 0 Å². The zero-order valence-corrected chi connectivity index (χ0v) is 9.32. The van der Waals surface area contributed by atoms with Crippen molar-refractivity contribution in [2.45, 2.75) is 0 Å². The predicted molar refractivity (Wildman–Crippen MR) is 64.6 cm³/mol. The van der Waals surface area contributed by atoms with Crippen molar-refractivity contribution in [2.24, 2.45) is 0 Å². The molecule has 0 saturated heterocycles. The van der Waals surface area contributed by atoms with E-state index in [0.717, 1.165) is 0 Å². The summed E-state index contributed by atoms with van der Waals surface area (Å²) in [5.41, 5.74) is 1.75. The van der Waals surface area contributed by atoms with Crippen LogP contribution in [0.5, 0.6) is 0 Å². The summed E-state index contributed by atoms with van der Waals surface area (Å²) in [7, 11) is 0. The molecule has 0 fully saturated rings. The highest BCUT2D eigenvalue weighted by molar-refractivity contribution is 6.15. The first kappa shape index (κ1) is 10.5. The summed E-state index contributed by atoms with van der Waals surface area (Å²) >= 11 is 0. The monoisotopic (exact) mass is 239 g/mol. The Morgan fingerprint density at radius 2 is 1.83 bits per heavy atom. The van der Waals surface area contributed by atoms with Crippen molar-refractivity contribution in [1.29, 1.82) is 0 Å². The maximum Gasteiger partial charge on any atom is 0.195 e. The highest BCUT2D eigenvalue weighted by Crippen LogP contribution is 2.19. The number of carbonyl (C=O) groups is 1. The second-order valence-electron chi connectivity index (χ2n) is 3.85. The molecule has 5 nitrogen and oxygen atoms in total. The molecule has 1 N–H and O–H groups in total. The minimum absolute atomic E-state index is 0.168. The van der Waals surface area contributed by atoms with Crippen molar-refractivity contribution in [3.63, 3.8) is 0 Å². The van der Waals surface area contributed by atoms with Crippen LogP contribution in [-0.2, 0) is 0 Å². The summed E-state index contributed by atoms with van der Waals surface area (Å²) in [6.45, 7) is 0. The Morgan fingerprint density at radius 3 is 2.61 bits per heavy atom. The van der Waals surface area contributed by atoms with Gasteiger partial charge in [-0.1, -0.05) is 41.2 Å². The van der Waals surface area contributed by atoms with Gasteiger partial charge in [-0.05, 0) is 17.3 Å². The quantitative estimate of drug-likeness (QED) is 0.547. The molecule has 0 atom stereocenters. The molecule has 0 aliphatic heterocycles. The largest absolute Gasteiger partial charge is 0.410 e. The fourth-order valence-electron chi connectivity index (χ4n) is 1.89. The van der Waals surface area contributed by atoms with Crippen molar-refractivity contribution >= 4 is 16.8 Å². The van der Waals surface area contributed by atoms with Gasteiger partial charge >= 0.3 is 0 Å². The van der Waals surface area contributed by atoms with Crippen LogP contribution in [-0.4, -0.2) is 26.1 Å². The standard InChI is InChI=1S/C13H9N3O2/c17-13(9-5-2-1-3-6-9)10-7-4-8-11-12(10)16(18)15-14-11/h1-8,18H. The lowest BCUT2D eigenvalue weighted by molar-refractivity contribution is 0.103. The lowest BCUT2D eigenvalue weighted by Gasteiger charge is -2.02. The van der Waals surface area contributed by atoms with Crippen LogP contribution in [0.25, 0.3) is 11.0 Å². The first-order valence-corrected chi connectivity index (χ1v) is 5.41. The molecule has 88 valence electrons. The SMILES string of the molecule is O=C(c1ccccc1)c1cccc2nnn(O)c12. The van der Waals surface area contributed by atoms with Crippen LogP contribution >= 0.6 is 0 Å². The zero-order chi connectivity index (χ0) is 12.5. The van der Waals surface area contributed by atoms with Crippen LogP contribution in [0.1, 0.15) is 15.9 Å². The third-order valence-corrected chi connectivity index (χ3v) is 2.73. The molecule has 0 bridgehead atoms. The minimum atomic E-state index is -0.168. The van der Waals surface area contributed by atoms with E-state index < -0.39 is 0 Å². The van der Waals surface area contributed by atoms with E-state index in [0.29, 0.717) is 27.0 Å². The van der Waals surface area contributed by atoms with Gasteiger partial charge in [0.05, 0.1) is 5.56 Å². The average molecular weight is 239 g/mol. The van der Waals surface area contributed by atoms with Crippen molar-refractivity contribution in [3.8, 4) is 0 Å². The van der Waals surface area contributed by atoms with Crippen LogP contribution in [0.15, 0.2) is 48.5 Å². The highest BCUT2D eigenvalue weighted by atomic mass is 16.5. The van der Waals surface area contributed by atoms with Gasteiger partial charge in [0.15, 0.2) is 5.78 Å². The van der Waals surface area contributed by atoms with E-state index in [1.807, 2.05) is 6.07 Å². The first-order valence-electron chi connectivity index (χ1n) is 5.41. The van der Waals surface area contributed by atoms with Gasteiger partial charge in [-0.2, -0.15) is 0 Å². The van der Waals surface area contributed by atoms with Crippen molar-refractivity contribution in [1.82, 2.24) is 15.2 Å². The van der Waals surface area contributed by atoms with E-state index >= 15 is 0 Å². The second-order valence-corrected chi connectivity index (χ2v) is 3.85. The Hall–Kier alpha value is -2.69. The molecular weight excluding hydrogens is 230 g/mol. The molecular formula is C13H9N3O2. The summed E-state index contributed by atoms with van der Waals surface area (Å²) in [4.78, 5) is 13.0. The highest BCUT2D eigenvalue weighted by Gasteiger charge is 2.16. The summed E-state index contributed by atoms with van der Waals surface area (Å²) in [5, 5.41) is 16.8. The number of aromatic nitrogens is 3. The number of hydrogen-bond donors (Lipinski definition) is 1. The van der Waals surface area contributed by atoms with Crippen LogP contribution in [0, 0.1) is 0 Å². The molecule has 0 spiro atoms. The summed E-state index contributed by atoms with van der Waals surface area (Å²) < 4.78 is 0. The Morgan fingerprint density at radius 1 is 1.06 bits per heavy atom. The number of fused-ring (bicyclic) bond motifs is 1. The Balaban J connectivity index is 2.21. The molecule has 2 aromatic carbocycles. The number of para-hydroxylation sites is 1. The van der Waals surface area contributed by atoms with E-state index in [9.17, 15) is 10.0 Å². The third kappa shape index (κ3) is 1.53. The fourth-order valence-corrected chi connectivity index (χ4v) is 1.89. The number of carbonyl (C=O) groups excluding carboxylic acids is 1. The number of benzene rings is 2. The maximum absolute atomic E-state index is 12.3. The first-order chi connectivity index (χ1) is 8.77. The van der Waals surface area contributed by atoms with Crippen LogP contribution < -0.4 is 0 Å². The summed E-state index contributed by atoms with van der Waals surface area (Å²) in [5.74, 6) is -0.168. The van der Waals surface area contributed by atoms with E-state index in [1.165, 1.54) is 0 Å². The molecule has 0 radical (unpaired) electrons. The summed E-state index contributed by atoms with van der Waals surface area (Å²) in [6.07, 6.45) is 0. The van der Waals surface area contributed by atoms with Gasteiger partial charge in [0.25, 0.3) is 0 Å². The minimum Gasteiger partial charge on any atom is -0.410 e. The number of hydrogen-bond acceptors (Lipinski definition) is 4.